The van der Waals surface area contributed by atoms with Crippen LogP contribution in [0.3, 0.4) is 0 Å². The molecule has 0 aliphatic carbocycles. The van der Waals surface area contributed by atoms with Crippen LogP contribution in [0, 0.1) is 13.8 Å². The van der Waals surface area contributed by atoms with Crippen molar-refractivity contribution in [2.45, 2.75) is 20.3 Å². The van der Waals surface area contributed by atoms with Gasteiger partial charge in [-0.05, 0) is 45.0 Å². The number of nitrogens with one attached hydrogen (secondary N) is 1. The van der Waals surface area contributed by atoms with E-state index in [1.165, 1.54) is 0 Å². The van der Waals surface area contributed by atoms with Crippen LogP contribution in [0.25, 0.3) is 11.0 Å². The molecule has 6 heteroatoms. The molecule has 2 heterocycles. The summed E-state index contributed by atoms with van der Waals surface area (Å²) in [7, 11) is 0. The summed E-state index contributed by atoms with van der Waals surface area (Å²) in [5.74, 6) is -0.0566. The summed E-state index contributed by atoms with van der Waals surface area (Å²) in [4.78, 5) is 23.7. The number of amides is 1. The Morgan fingerprint density at radius 1 is 1.17 bits per heavy atom. The topological polar surface area (TPSA) is 67.4 Å². The Balaban J connectivity index is 1.54. The normalized spacial score (nSPS) is 15.6. The Labute approximate surface area is 142 Å². The molecule has 0 bridgehead atoms. The Morgan fingerprint density at radius 2 is 1.88 bits per heavy atom. The molecule has 0 saturated carbocycles. The first-order valence-electron chi connectivity index (χ1n) is 8.47. The van der Waals surface area contributed by atoms with Crippen molar-refractivity contribution in [1.29, 1.82) is 0 Å². The van der Waals surface area contributed by atoms with E-state index in [-0.39, 0.29) is 5.91 Å². The van der Waals surface area contributed by atoms with Crippen molar-refractivity contribution in [3.63, 3.8) is 0 Å². The van der Waals surface area contributed by atoms with Crippen molar-refractivity contribution >= 4 is 16.9 Å². The zero-order valence-corrected chi connectivity index (χ0v) is 14.3. The van der Waals surface area contributed by atoms with Gasteiger partial charge in [0.25, 0.3) is 5.91 Å². The maximum absolute atomic E-state index is 12.3. The molecule has 24 heavy (non-hydrogen) atoms. The molecular weight excluding hydrogens is 304 g/mol. The molecule has 2 aromatic rings. The van der Waals surface area contributed by atoms with E-state index < -0.39 is 0 Å². The molecule has 1 saturated heterocycles. The first-order chi connectivity index (χ1) is 11.6. The van der Waals surface area contributed by atoms with Crippen LogP contribution in [0.5, 0.6) is 0 Å². The monoisotopic (exact) mass is 328 g/mol. The van der Waals surface area contributed by atoms with E-state index in [9.17, 15) is 4.79 Å². The van der Waals surface area contributed by atoms with E-state index in [1.54, 1.807) is 0 Å². The number of carbonyl (C=O) groups is 1. The lowest BCUT2D eigenvalue weighted by Gasteiger charge is -2.26. The van der Waals surface area contributed by atoms with Crippen molar-refractivity contribution in [2.24, 2.45) is 0 Å². The number of hydrogen-bond acceptors (Lipinski definition) is 5. The summed E-state index contributed by atoms with van der Waals surface area (Å²) in [5.41, 5.74) is 4.03. The van der Waals surface area contributed by atoms with Gasteiger partial charge in [0.1, 0.15) is 0 Å². The molecule has 128 valence electrons. The fourth-order valence-corrected chi connectivity index (χ4v) is 2.80. The maximum atomic E-state index is 12.3. The van der Waals surface area contributed by atoms with E-state index in [0.29, 0.717) is 12.1 Å². The number of benzene rings is 1. The molecule has 1 fully saturated rings. The second-order valence-electron chi connectivity index (χ2n) is 6.16. The Morgan fingerprint density at radius 3 is 2.62 bits per heavy atom. The van der Waals surface area contributed by atoms with Gasteiger partial charge in [0.05, 0.1) is 35.6 Å². The van der Waals surface area contributed by atoms with Gasteiger partial charge in [0.15, 0.2) is 0 Å². The molecule has 3 rings (SSSR count). The second-order valence-corrected chi connectivity index (χ2v) is 6.16. The minimum Gasteiger partial charge on any atom is -0.379 e. The van der Waals surface area contributed by atoms with Crippen LogP contribution in [0.1, 0.15) is 28.2 Å². The van der Waals surface area contributed by atoms with E-state index in [1.807, 2.05) is 32.0 Å². The first-order valence-corrected chi connectivity index (χ1v) is 8.47. The molecule has 1 aromatic carbocycles. The van der Waals surface area contributed by atoms with E-state index >= 15 is 0 Å². The van der Waals surface area contributed by atoms with E-state index in [4.69, 9.17) is 4.74 Å². The summed E-state index contributed by atoms with van der Waals surface area (Å²) in [6, 6.07) is 5.48. The molecule has 1 aliphatic heterocycles. The number of aromatic nitrogens is 2. The Bertz CT molecular complexity index is 726. The summed E-state index contributed by atoms with van der Waals surface area (Å²) in [6.07, 6.45) is 0.942. The zero-order chi connectivity index (χ0) is 16.9. The van der Waals surface area contributed by atoms with Crippen LogP contribution >= 0.6 is 0 Å². The van der Waals surface area contributed by atoms with Gasteiger partial charge in [0, 0.05) is 25.2 Å². The number of fused-ring (bicyclic) bond motifs is 1. The molecular formula is C18H24N4O2. The summed E-state index contributed by atoms with van der Waals surface area (Å²) in [5, 5.41) is 2.98. The van der Waals surface area contributed by atoms with Gasteiger partial charge in [-0.3, -0.25) is 9.69 Å². The van der Waals surface area contributed by atoms with Crippen LogP contribution in [0.2, 0.25) is 0 Å². The quantitative estimate of drug-likeness (QED) is 0.846. The smallest absolute Gasteiger partial charge is 0.251 e. The lowest BCUT2D eigenvalue weighted by molar-refractivity contribution is 0.0374. The SMILES string of the molecule is Cc1nc2ccc(C(=O)NCCCN3CCOCC3)cc2nc1C. The van der Waals surface area contributed by atoms with Gasteiger partial charge in [-0.1, -0.05) is 0 Å². The Hall–Kier alpha value is -2.05. The number of hydrogen-bond donors (Lipinski definition) is 1. The highest BCUT2D eigenvalue weighted by molar-refractivity contribution is 5.97. The summed E-state index contributed by atoms with van der Waals surface area (Å²) < 4.78 is 5.33. The lowest BCUT2D eigenvalue weighted by Crippen LogP contribution is -2.38. The number of ether oxygens (including phenoxy) is 1. The number of aryl methyl sites for hydroxylation is 2. The Kier molecular flexibility index (Phi) is 5.37. The number of carbonyl (C=O) groups excluding carboxylic acids is 1. The first kappa shape index (κ1) is 16.8. The minimum atomic E-state index is -0.0566. The van der Waals surface area contributed by atoms with E-state index in [0.717, 1.165) is 61.7 Å². The molecule has 1 N–H and O–H groups in total. The van der Waals surface area contributed by atoms with Gasteiger partial charge in [-0.2, -0.15) is 0 Å². The summed E-state index contributed by atoms with van der Waals surface area (Å²) >= 11 is 0. The zero-order valence-electron chi connectivity index (χ0n) is 14.3. The van der Waals surface area contributed by atoms with Crippen molar-refractivity contribution in [3.8, 4) is 0 Å². The average molecular weight is 328 g/mol. The van der Waals surface area contributed by atoms with Gasteiger partial charge in [-0.15, -0.1) is 0 Å². The molecule has 1 amide bonds. The maximum Gasteiger partial charge on any atom is 0.251 e. The minimum absolute atomic E-state index is 0.0566. The van der Waals surface area contributed by atoms with Crippen LogP contribution in [0.15, 0.2) is 18.2 Å². The summed E-state index contributed by atoms with van der Waals surface area (Å²) in [6.45, 7) is 9.12. The predicted molar refractivity (Wildman–Crippen MR) is 93.2 cm³/mol. The number of morpholine rings is 1. The van der Waals surface area contributed by atoms with Gasteiger partial charge < -0.3 is 10.1 Å². The van der Waals surface area contributed by atoms with Crippen LogP contribution < -0.4 is 5.32 Å². The highest BCUT2D eigenvalue weighted by Crippen LogP contribution is 2.14. The van der Waals surface area contributed by atoms with Crippen LogP contribution in [-0.2, 0) is 4.74 Å². The molecule has 1 aromatic heterocycles. The van der Waals surface area contributed by atoms with Crippen molar-refractivity contribution in [1.82, 2.24) is 20.2 Å². The van der Waals surface area contributed by atoms with Crippen molar-refractivity contribution < 1.29 is 9.53 Å². The molecule has 6 nitrogen and oxygen atoms in total. The highest BCUT2D eigenvalue weighted by atomic mass is 16.5. The van der Waals surface area contributed by atoms with E-state index in [2.05, 4.69) is 20.2 Å². The van der Waals surface area contributed by atoms with Gasteiger partial charge >= 0.3 is 0 Å². The second kappa shape index (κ2) is 7.68. The molecule has 0 unspecified atom stereocenters. The highest BCUT2D eigenvalue weighted by Gasteiger charge is 2.11. The van der Waals surface area contributed by atoms with Crippen molar-refractivity contribution in [2.75, 3.05) is 39.4 Å². The fourth-order valence-electron chi connectivity index (χ4n) is 2.80. The third kappa shape index (κ3) is 4.07. The lowest BCUT2D eigenvalue weighted by atomic mass is 10.1. The fraction of sp³-hybridized carbons (Fsp3) is 0.500. The van der Waals surface area contributed by atoms with Crippen molar-refractivity contribution in [3.05, 3.63) is 35.2 Å². The third-order valence-electron chi connectivity index (χ3n) is 4.38. The molecule has 0 radical (unpaired) electrons. The number of nitrogens with zero attached hydrogens (tertiary/aromatic N) is 3. The molecule has 0 spiro atoms. The molecule has 0 atom stereocenters. The largest absolute Gasteiger partial charge is 0.379 e. The standard InChI is InChI=1S/C18H24N4O2/c1-13-14(2)21-17-12-15(4-5-16(17)20-13)18(23)19-6-3-7-22-8-10-24-11-9-22/h4-5,12H,3,6-11H2,1-2H3,(H,19,23). The van der Waals surface area contributed by atoms with Crippen LogP contribution in [-0.4, -0.2) is 60.2 Å². The predicted octanol–water partition coefficient (Wildman–Crippen LogP) is 1.70. The third-order valence-corrected chi connectivity index (χ3v) is 4.38. The average Bonchev–Trinajstić information content (AvgIpc) is 2.60. The van der Waals surface area contributed by atoms with Gasteiger partial charge in [0.2, 0.25) is 0 Å². The van der Waals surface area contributed by atoms with Gasteiger partial charge in [-0.25, -0.2) is 9.97 Å². The van der Waals surface area contributed by atoms with Crippen LogP contribution in [0.4, 0.5) is 0 Å². The molecule has 1 aliphatic rings. The number of rotatable bonds is 5.